The zero-order valence-electron chi connectivity index (χ0n) is 16.1. The first kappa shape index (κ1) is 18.3. The highest BCUT2D eigenvalue weighted by atomic mass is 32.1. The van der Waals surface area contributed by atoms with Gasteiger partial charge in [0.05, 0.1) is 16.9 Å². The molecule has 4 nitrogen and oxygen atoms in total. The van der Waals surface area contributed by atoms with Crippen LogP contribution in [-0.2, 0) is 0 Å². The molecular weight excluding hydrogens is 392 g/mol. The minimum absolute atomic E-state index is 0.383. The lowest BCUT2D eigenvalue weighted by Gasteiger charge is -2.22. The SMILES string of the molecule is C=CCN(c1nc(-c2cc3ccccc3oc2=O)cs1)c1cccc2ccccc12. The summed E-state index contributed by atoms with van der Waals surface area (Å²) in [6.07, 6.45) is 1.85. The number of para-hydroxylation sites is 1. The molecule has 5 aromatic rings. The van der Waals surface area contributed by atoms with E-state index in [4.69, 9.17) is 9.40 Å². The van der Waals surface area contributed by atoms with Crippen LogP contribution in [0.15, 0.2) is 100 Å². The number of nitrogens with zero attached hydrogens (tertiary/aromatic N) is 2. The second-order valence-electron chi connectivity index (χ2n) is 6.90. The predicted octanol–water partition coefficient (Wildman–Crippen LogP) is 6.39. The van der Waals surface area contributed by atoms with Crippen molar-refractivity contribution in [3.8, 4) is 11.3 Å². The van der Waals surface area contributed by atoms with Gasteiger partial charge >= 0.3 is 5.63 Å². The minimum atomic E-state index is -0.383. The number of hydrogen-bond acceptors (Lipinski definition) is 5. The average Bonchev–Trinajstić information content (AvgIpc) is 3.26. The third-order valence-corrected chi connectivity index (χ3v) is 5.87. The summed E-state index contributed by atoms with van der Waals surface area (Å²) in [5.41, 5.74) is 2.33. The van der Waals surface area contributed by atoms with Crippen molar-refractivity contribution in [2.24, 2.45) is 0 Å². The molecule has 0 atom stereocenters. The standard InChI is InChI=1S/C25H18N2O2S/c1-2-14-27(22-12-7-10-17-8-3-5-11-19(17)22)25-26-21(16-30-25)20-15-18-9-4-6-13-23(18)29-24(20)28/h2-13,15-16H,1,14H2. The Kier molecular flexibility index (Phi) is 4.65. The number of thiazole rings is 1. The van der Waals surface area contributed by atoms with Gasteiger partial charge in [0.25, 0.3) is 0 Å². The van der Waals surface area contributed by atoms with Gasteiger partial charge in [-0.1, -0.05) is 60.7 Å². The van der Waals surface area contributed by atoms with Gasteiger partial charge in [-0.05, 0) is 23.6 Å². The van der Waals surface area contributed by atoms with Crippen LogP contribution in [0.2, 0.25) is 0 Å². The number of anilines is 2. The molecule has 0 aliphatic rings. The van der Waals surface area contributed by atoms with E-state index in [1.807, 2.05) is 53.9 Å². The van der Waals surface area contributed by atoms with Crippen LogP contribution < -0.4 is 10.5 Å². The van der Waals surface area contributed by atoms with Crippen LogP contribution in [0, 0.1) is 0 Å². The second kappa shape index (κ2) is 7.61. The second-order valence-corrected chi connectivity index (χ2v) is 7.73. The minimum Gasteiger partial charge on any atom is -0.422 e. The Hall–Kier alpha value is -3.70. The Morgan fingerprint density at radius 2 is 1.77 bits per heavy atom. The number of aromatic nitrogens is 1. The normalized spacial score (nSPS) is 11.1. The third-order valence-electron chi connectivity index (χ3n) is 5.01. The van der Waals surface area contributed by atoms with Gasteiger partial charge in [-0.2, -0.15) is 0 Å². The van der Waals surface area contributed by atoms with Gasteiger partial charge in [0.2, 0.25) is 0 Å². The van der Waals surface area contributed by atoms with Crippen molar-refractivity contribution in [3.05, 3.63) is 101 Å². The molecule has 0 amide bonds. The molecule has 0 fully saturated rings. The third kappa shape index (κ3) is 3.19. The van der Waals surface area contributed by atoms with E-state index in [-0.39, 0.29) is 5.63 Å². The van der Waals surface area contributed by atoms with Crippen LogP contribution in [0.4, 0.5) is 10.8 Å². The van der Waals surface area contributed by atoms with Crippen LogP contribution in [-0.4, -0.2) is 11.5 Å². The lowest BCUT2D eigenvalue weighted by Crippen LogP contribution is -2.17. The molecule has 0 aliphatic carbocycles. The van der Waals surface area contributed by atoms with Crippen molar-refractivity contribution in [1.82, 2.24) is 4.98 Å². The first-order chi connectivity index (χ1) is 14.7. The zero-order chi connectivity index (χ0) is 20.5. The van der Waals surface area contributed by atoms with Gasteiger partial charge in [0.1, 0.15) is 5.58 Å². The summed E-state index contributed by atoms with van der Waals surface area (Å²) in [4.78, 5) is 19.5. The summed E-state index contributed by atoms with van der Waals surface area (Å²) < 4.78 is 5.49. The Labute approximate surface area is 177 Å². The summed E-state index contributed by atoms with van der Waals surface area (Å²) >= 11 is 1.50. The van der Waals surface area contributed by atoms with Crippen LogP contribution in [0.5, 0.6) is 0 Å². The molecule has 0 saturated carbocycles. The average molecular weight is 410 g/mol. The molecule has 0 unspecified atom stereocenters. The van der Waals surface area contributed by atoms with Crippen molar-refractivity contribution in [3.63, 3.8) is 0 Å². The highest BCUT2D eigenvalue weighted by molar-refractivity contribution is 7.14. The van der Waals surface area contributed by atoms with E-state index in [0.29, 0.717) is 23.4 Å². The highest BCUT2D eigenvalue weighted by Gasteiger charge is 2.17. The first-order valence-corrected chi connectivity index (χ1v) is 10.5. The monoisotopic (exact) mass is 410 g/mol. The fraction of sp³-hybridized carbons (Fsp3) is 0.0400. The lowest BCUT2D eigenvalue weighted by atomic mass is 10.1. The molecule has 2 aromatic heterocycles. The van der Waals surface area contributed by atoms with E-state index in [1.54, 1.807) is 6.07 Å². The van der Waals surface area contributed by atoms with E-state index in [1.165, 1.54) is 11.3 Å². The van der Waals surface area contributed by atoms with Gasteiger partial charge in [-0.15, -0.1) is 17.9 Å². The Balaban J connectivity index is 1.61. The van der Waals surface area contributed by atoms with Crippen molar-refractivity contribution >= 4 is 43.9 Å². The maximum Gasteiger partial charge on any atom is 0.345 e. The molecule has 30 heavy (non-hydrogen) atoms. The molecule has 0 bridgehead atoms. The number of hydrogen-bond donors (Lipinski definition) is 0. The van der Waals surface area contributed by atoms with Crippen LogP contribution in [0.1, 0.15) is 0 Å². The number of benzene rings is 3. The molecule has 0 radical (unpaired) electrons. The van der Waals surface area contributed by atoms with Crippen molar-refractivity contribution in [2.75, 3.05) is 11.4 Å². The molecule has 0 saturated heterocycles. The van der Waals surface area contributed by atoms with Gasteiger partial charge in [0, 0.05) is 22.7 Å². The van der Waals surface area contributed by atoms with Crippen LogP contribution in [0.3, 0.4) is 0 Å². The topological polar surface area (TPSA) is 46.3 Å². The quantitative estimate of drug-likeness (QED) is 0.249. The fourth-order valence-electron chi connectivity index (χ4n) is 3.60. The molecule has 5 heteroatoms. The Morgan fingerprint density at radius 1 is 1.00 bits per heavy atom. The Bertz CT molecular complexity index is 1430. The molecule has 0 N–H and O–H groups in total. The summed E-state index contributed by atoms with van der Waals surface area (Å²) in [6.45, 7) is 4.52. The van der Waals surface area contributed by atoms with Crippen molar-refractivity contribution in [2.45, 2.75) is 0 Å². The van der Waals surface area contributed by atoms with E-state index < -0.39 is 0 Å². The van der Waals surface area contributed by atoms with E-state index in [9.17, 15) is 4.79 Å². The molecule has 0 spiro atoms. The van der Waals surface area contributed by atoms with Gasteiger partial charge < -0.3 is 9.32 Å². The first-order valence-electron chi connectivity index (χ1n) is 9.59. The van der Waals surface area contributed by atoms with E-state index in [0.717, 1.165) is 27.0 Å². The molecule has 3 aromatic carbocycles. The summed E-state index contributed by atoms with van der Waals surface area (Å²) in [7, 11) is 0. The zero-order valence-corrected chi connectivity index (χ0v) is 16.9. The maximum atomic E-state index is 12.6. The fourth-order valence-corrected chi connectivity index (χ4v) is 4.45. The maximum absolute atomic E-state index is 12.6. The molecule has 2 heterocycles. The van der Waals surface area contributed by atoms with E-state index in [2.05, 4.69) is 35.7 Å². The molecular formula is C25H18N2O2S. The van der Waals surface area contributed by atoms with Gasteiger partial charge in [-0.3, -0.25) is 0 Å². The predicted molar refractivity (Wildman–Crippen MR) is 125 cm³/mol. The summed E-state index contributed by atoms with van der Waals surface area (Å²) in [5.74, 6) is 0. The number of fused-ring (bicyclic) bond motifs is 2. The summed E-state index contributed by atoms with van der Waals surface area (Å²) in [6, 6.07) is 23.8. The largest absolute Gasteiger partial charge is 0.422 e. The molecule has 0 aliphatic heterocycles. The summed E-state index contributed by atoms with van der Waals surface area (Å²) in [5, 5.41) is 5.88. The highest BCUT2D eigenvalue weighted by Crippen LogP contribution is 2.35. The molecule has 5 rings (SSSR count). The smallest absolute Gasteiger partial charge is 0.345 e. The lowest BCUT2D eigenvalue weighted by molar-refractivity contribution is 0.563. The van der Waals surface area contributed by atoms with Gasteiger partial charge in [-0.25, -0.2) is 9.78 Å². The molecule has 146 valence electrons. The van der Waals surface area contributed by atoms with Crippen molar-refractivity contribution < 1.29 is 4.42 Å². The Morgan fingerprint density at radius 3 is 2.63 bits per heavy atom. The van der Waals surface area contributed by atoms with Crippen LogP contribution >= 0.6 is 11.3 Å². The van der Waals surface area contributed by atoms with Crippen LogP contribution in [0.25, 0.3) is 33.0 Å². The number of rotatable bonds is 5. The van der Waals surface area contributed by atoms with Crippen molar-refractivity contribution in [1.29, 1.82) is 0 Å². The van der Waals surface area contributed by atoms with E-state index >= 15 is 0 Å². The van der Waals surface area contributed by atoms with Gasteiger partial charge in [0.15, 0.2) is 5.13 Å².